The molecule has 1 rings (SSSR count). The smallest absolute Gasteiger partial charge is 0.338 e. The molecule has 0 aromatic carbocycles. The minimum Gasteiger partial charge on any atom is -0.481 e. The van der Waals surface area contributed by atoms with Gasteiger partial charge in [-0.3, -0.25) is 14.4 Å². The van der Waals surface area contributed by atoms with Crippen LogP contribution < -0.4 is 11.1 Å². The topological polar surface area (TPSA) is 139 Å². The first-order valence-corrected chi connectivity index (χ1v) is 8.32. The van der Waals surface area contributed by atoms with Crippen LogP contribution in [0, 0.1) is 5.92 Å². The number of esters is 1. The SMILES string of the molecule is CC1CCCCC1OC(=O)C(NC(=O)[C@@H](N)CC(=O)O)C(=O)N(C)C. The molecule has 0 aliphatic heterocycles. The lowest BCUT2D eigenvalue weighted by Crippen LogP contribution is -2.56. The molecule has 142 valence electrons. The van der Waals surface area contributed by atoms with Crippen LogP contribution in [0.1, 0.15) is 39.0 Å². The summed E-state index contributed by atoms with van der Waals surface area (Å²) in [6.45, 7) is 1.97. The number of aliphatic carboxylic acids is 1. The van der Waals surface area contributed by atoms with Gasteiger partial charge in [-0.05, 0) is 25.2 Å². The van der Waals surface area contributed by atoms with Crippen LogP contribution in [-0.2, 0) is 23.9 Å². The number of nitrogens with two attached hydrogens (primary N) is 1. The predicted octanol–water partition coefficient (Wildman–Crippen LogP) is -0.517. The van der Waals surface area contributed by atoms with Crippen LogP contribution in [0.25, 0.3) is 0 Å². The van der Waals surface area contributed by atoms with Gasteiger partial charge in [0.25, 0.3) is 5.91 Å². The number of carbonyl (C=O) groups excluding carboxylic acids is 3. The molecule has 2 amide bonds. The Morgan fingerprint density at radius 3 is 2.36 bits per heavy atom. The average Bonchev–Trinajstić information content (AvgIpc) is 2.52. The van der Waals surface area contributed by atoms with Gasteiger partial charge in [0.05, 0.1) is 12.5 Å². The van der Waals surface area contributed by atoms with Crippen LogP contribution in [0.4, 0.5) is 0 Å². The van der Waals surface area contributed by atoms with E-state index in [1.165, 1.54) is 14.1 Å². The molecule has 0 saturated heterocycles. The summed E-state index contributed by atoms with van der Waals surface area (Å²) in [5.74, 6) is -3.48. The molecule has 9 nitrogen and oxygen atoms in total. The Morgan fingerprint density at radius 2 is 1.84 bits per heavy atom. The van der Waals surface area contributed by atoms with E-state index >= 15 is 0 Å². The molecule has 4 atom stereocenters. The summed E-state index contributed by atoms with van der Waals surface area (Å²) in [4.78, 5) is 48.5. The maximum atomic E-state index is 12.4. The first-order chi connectivity index (χ1) is 11.6. The van der Waals surface area contributed by atoms with Crippen molar-refractivity contribution in [1.29, 1.82) is 0 Å². The van der Waals surface area contributed by atoms with Crippen molar-refractivity contribution in [2.45, 2.75) is 57.2 Å². The molecule has 0 radical (unpaired) electrons. The van der Waals surface area contributed by atoms with Gasteiger partial charge < -0.3 is 25.8 Å². The Balaban J connectivity index is 2.81. The zero-order valence-corrected chi connectivity index (χ0v) is 14.9. The van der Waals surface area contributed by atoms with Crippen LogP contribution in [0.2, 0.25) is 0 Å². The number of hydrogen-bond acceptors (Lipinski definition) is 6. The molecular formula is C16H27N3O6. The van der Waals surface area contributed by atoms with Crippen LogP contribution in [0.5, 0.6) is 0 Å². The molecule has 0 bridgehead atoms. The fourth-order valence-electron chi connectivity index (χ4n) is 2.68. The number of ether oxygens (including phenoxy) is 1. The number of carboxylic acids is 1. The maximum Gasteiger partial charge on any atom is 0.338 e. The monoisotopic (exact) mass is 357 g/mol. The zero-order chi connectivity index (χ0) is 19.1. The normalized spacial score (nSPS) is 22.4. The number of nitrogens with zero attached hydrogens (tertiary/aromatic N) is 1. The van der Waals surface area contributed by atoms with Gasteiger partial charge in [-0.15, -0.1) is 0 Å². The largest absolute Gasteiger partial charge is 0.481 e. The molecule has 1 saturated carbocycles. The second-order valence-corrected chi connectivity index (χ2v) is 6.62. The zero-order valence-electron chi connectivity index (χ0n) is 14.9. The first kappa shape index (κ1) is 20.9. The van der Waals surface area contributed by atoms with Crippen LogP contribution in [0.3, 0.4) is 0 Å². The van der Waals surface area contributed by atoms with Gasteiger partial charge in [0.2, 0.25) is 11.9 Å². The highest BCUT2D eigenvalue weighted by molar-refractivity contribution is 6.05. The molecule has 1 aliphatic rings. The molecular weight excluding hydrogens is 330 g/mol. The van der Waals surface area contributed by atoms with Gasteiger partial charge in [-0.2, -0.15) is 0 Å². The highest BCUT2D eigenvalue weighted by atomic mass is 16.5. The van der Waals surface area contributed by atoms with Gasteiger partial charge in [0.1, 0.15) is 6.10 Å². The minimum absolute atomic E-state index is 0.178. The Hall–Kier alpha value is -2.16. The maximum absolute atomic E-state index is 12.4. The molecule has 4 N–H and O–H groups in total. The first-order valence-electron chi connectivity index (χ1n) is 8.32. The summed E-state index contributed by atoms with van der Waals surface area (Å²) in [7, 11) is 2.88. The Morgan fingerprint density at radius 1 is 1.24 bits per heavy atom. The molecule has 0 spiro atoms. The van der Waals surface area contributed by atoms with Crippen molar-refractivity contribution in [3.05, 3.63) is 0 Å². The molecule has 1 fully saturated rings. The number of carbonyl (C=O) groups is 4. The fourth-order valence-corrected chi connectivity index (χ4v) is 2.68. The Bertz CT molecular complexity index is 522. The molecule has 3 unspecified atom stereocenters. The molecule has 0 aromatic heterocycles. The van der Waals surface area contributed by atoms with E-state index in [9.17, 15) is 19.2 Å². The summed E-state index contributed by atoms with van der Waals surface area (Å²) in [5.41, 5.74) is 5.48. The number of hydrogen-bond donors (Lipinski definition) is 3. The Labute approximate surface area is 146 Å². The molecule has 0 aromatic rings. The quantitative estimate of drug-likeness (QED) is 0.411. The summed E-state index contributed by atoms with van der Waals surface area (Å²) in [6.07, 6.45) is 2.73. The van der Waals surface area contributed by atoms with E-state index < -0.39 is 42.3 Å². The lowest BCUT2D eigenvalue weighted by molar-refractivity contribution is -0.161. The third-order valence-corrected chi connectivity index (χ3v) is 4.24. The highest BCUT2D eigenvalue weighted by Crippen LogP contribution is 2.26. The molecule has 1 aliphatic carbocycles. The summed E-state index contributed by atoms with van der Waals surface area (Å²) >= 11 is 0. The van der Waals surface area contributed by atoms with E-state index in [0.717, 1.165) is 24.2 Å². The van der Waals surface area contributed by atoms with E-state index in [4.69, 9.17) is 15.6 Å². The van der Waals surface area contributed by atoms with Crippen molar-refractivity contribution < 1.29 is 29.0 Å². The summed E-state index contributed by atoms with van der Waals surface area (Å²) < 4.78 is 5.44. The van der Waals surface area contributed by atoms with Crippen LogP contribution in [0.15, 0.2) is 0 Å². The molecule has 9 heteroatoms. The second kappa shape index (κ2) is 9.36. The van der Waals surface area contributed by atoms with Crippen molar-refractivity contribution >= 4 is 23.8 Å². The third kappa shape index (κ3) is 6.33. The van der Waals surface area contributed by atoms with Crippen molar-refractivity contribution in [3.8, 4) is 0 Å². The second-order valence-electron chi connectivity index (χ2n) is 6.62. The highest BCUT2D eigenvalue weighted by Gasteiger charge is 2.35. The van der Waals surface area contributed by atoms with Gasteiger partial charge >= 0.3 is 11.9 Å². The van der Waals surface area contributed by atoms with Gasteiger partial charge in [-0.25, -0.2) is 4.79 Å². The van der Waals surface area contributed by atoms with E-state index in [0.29, 0.717) is 6.42 Å². The van der Waals surface area contributed by atoms with Crippen molar-refractivity contribution in [2.24, 2.45) is 11.7 Å². The van der Waals surface area contributed by atoms with Gasteiger partial charge in [0.15, 0.2) is 0 Å². The summed E-state index contributed by atoms with van der Waals surface area (Å²) in [5, 5.41) is 10.9. The average molecular weight is 357 g/mol. The van der Waals surface area contributed by atoms with E-state index in [-0.39, 0.29) is 12.0 Å². The summed E-state index contributed by atoms with van der Waals surface area (Å²) in [6, 6.07) is -2.91. The lowest BCUT2D eigenvalue weighted by Gasteiger charge is -2.30. The minimum atomic E-state index is -1.54. The van der Waals surface area contributed by atoms with Crippen LogP contribution >= 0.6 is 0 Å². The van der Waals surface area contributed by atoms with Crippen molar-refractivity contribution in [2.75, 3.05) is 14.1 Å². The van der Waals surface area contributed by atoms with Gasteiger partial charge in [0, 0.05) is 14.1 Å². The predicted molar refractivity (Wildman–Crippen MR) is 88.4 cm³/mol. The number of amides is 2. The van der Waals surface area contributed by atoms with Crippen molar-refractivity contribution in [3.63, 3.8) is 0 Å². The Kier molecular flexibility index (Phi) is 7.82. The van der Waals surface area contributed by atoms with Gasteiger partial charge in [-0.1, -0.05) is 13.3 Å². The van der Waals surface area contributed by atoms with E-state index in [1.807, 2.05) is 6.92 Å². The lowest BCUT2D eigenvalue weighted by atomic mass is 9.88. The number of carboxylic acid groups (broad SMARTS) is 1. The van der Waals surface area contributed by atoms with Crippen LogP contribution in [-0.4, -0.2) is 66.0 Å². The number of rotatable bonds is 7. The standard InChI is InChI=1S/C16H27N3O6/c1-9-6-4-5-7-11(9)25-16(24)13(15(23)19(2)3)18-14(22)10(17)8-12(20)21/h9-11,13H,4-8,17H2,1-3H3,(H,18,22)(H,20,21)/t9?,10-,11?,13?/m0/s1. The van der Waals surface area contributed by atoms with E-state index in [2.05, 4.69) is 5.32 Å². The molecule has 0 heterocycles. The molecule has 25 heavy (non-hydrogen) atoms. The van der Waals surface area contributed by atoms with E-state index in [1.54, 1.807) is 0 Å². The number of likely N-dealkylation sites (N-methyl/N-ethyl adjacent to an activating group) is 1. The fraction of sp³-hybridized carbons (Fsp3) is 0.750. The number of nitrogens with one attached hydrogen (secondary N) is 1. The van der Waals surface area contributed by atoms with Crippen molar-refractivity contribution in [1.82, 2.24) is 10.2 Å². The third-order valence-electron chi connectivity index (χ3n) is 4.24.